The molecule has 0 bridgehead atoms. The van der Waals surface area contributed by atoms with Gasteiger partial charge in [0, 0.05) is 25.8 Å². The van der Waals surface area contributed by atoms with Crippen LogP contribution in [0, 0.1) is 19.7 Å². The third-order valence-corrected chi connectivity index (χ3v) is 2.92. The molecule has 0 saturated carbocycles. The number of halogens is 1. The third kappa shape index (κ3) is 3.77. The van der Waals surface area contributed by atoms with Crippen LogP contribution in [0.15, 0.2) is 12.1 Å². The van der Waals surface area contributed by atoms with E-state index in [0.29, 0.717) is 18.7 Å². The van der Waals surface area contributed by atoms with Crippen molar-refractivity contribution < 1.29 is 14.2 Å². The van der Waals surface area contributed by atoms with E-state index in [-0.39, 0.29) is 12.4 Å². The summed E-state index contributed by atoms with van der Waals surface area (Å²) in [6.07, 6.45) is 0. The first-order chi connectivity index (χ1) is 8.38. The van der Waals surface area contributed by atoms with Crippen LogP contribution in [-0.2, 0) is 10.3 Å². The van der Waals surface area contributed by atoms with Crippen LogP contribution in [-0.4, -0.2) is 31.9 Å². The summed E-state index contributed by atoms with van der Waals surface area (Å²) in [5, 5.41) is 13.4. The molecule has 0 aliphatic heterocycles. The van der Waals surface area contributed by atoms with Crippen molar-refractivity contribution in [1.29, 1.82) is 0 Å². The van der Waals surface area contributed by atoms with Crippen LogP contribution in [0.25, 0.3) is 0 Å². The molecule has 1 rings (SSSR count). The van der Waals surface area contributed by atoms with E-state index in [0.717, 1.165) is 11.1 Å². The first kappa shape index (κ1) is 15.1. The molecule has 0 saturated heterocycles. The Balaban J connectivity index is 2.84. The van der Waals surface area contributed by atoms with Gasteiger partial charge in [0.1, 0.15) is 11.4 Å². The summed E-state index contributed by atoms with van der Waals surface area (Å²) in [5.41, 5.74) is 0.760. The summed E-state index contributed by atoms with van der Waals surface area (Å²) in [4.78, 5) is 0. The van der Waals surface area contributed by atoms with E-state index in [2.05, 4.69) is 5.32 Å². The highest BCUT2D eigenvalue weighted by Crippen LogP contribution is 2.27. The van der Waals surface area contributed by atoms with Gasteiger partial charge in [-0.2, -0.15) is 0 Å². The van der Waals surface area contributed by atoms with E-state index in [1.807, 2.05) is 19.9 Å². The lowest BCUT2D eigenvalue weighted by Crippen LogP contribution is -2.38. The summed E-state index contributed by atoms with van der Waals surface area (Å²) in [7, 11) is 1.61. The Labute approximate surface area is 108 Å². The molecule has 4 heteroatoms. The van der Waals surface area contributed by atoms with Crippen molar-refractivity contribution in [2.45, 2.75) is 26.4 Å². The Kier molecular flexibility index (Phi) is 5.26. The first-order valence-corrected chi connectivity index (χ1v) is 6.07. The van der Waals surface area contributed by atoms with Crippen LogP contribution in [0.5, 0.6) is 0 Å². The van der Waals surface area contributed by atoms with Crippen molar-refractivity contribution in [2.75, 3.05) is 26.8 Å². The largest absolute Gasteiger partial charge is 0.384 e. The zero-order chi connectivity index (χ0) is 13.8. The lowest BCUT2D eigenvalue weighted by Gasteiger charge is -2.27. The number of rotatable bonds is 6. The highest BCUT2D eigenvalue weighted by atomic mass is 19.1. The van der Waals surface area contributed by atoms with E-state index in [9.17, 15) is 9.50 Å². The van der Waals surface area contributed by atoms with E-state index in [1.165, 1.54) is 6.07 Å². The number of aryl methyl sites for hydroxylation is 2. The average Bonchev–Trinajstić information content (AvgIpc) is 2.22. The lowest BCUT2D eigenvalue weighted by molar-refractivity contribution is 0.0507. The maximum absolute atomic E-state index is 14.0. The van der Waals surface area contributed by atoms with Crippen molar-refractivity contribution in [1.82, 2.24) is 5.32 Å². The van der Waals surface area contributed by atoms with Crippen molar-refractivity contribution in [3.05, 3.63) is 34.6 Å². The second-order valence-electron chi connectivity index (χ2n) is 4.88. The van der Waals surface area contributed by atoms with E-state index < -0.39 is 5.60 Å². The van der Waals surface area contributed by atoms with Gasteiger partial charge in [-0.25, -0.2) is 4.39 Å². The van der Waals surface area contributed by atoms with Crippen molar-refractivity contribution in [2.24, 2.45) is 0 Å². The Morgan fingerprint density at radius 1 is 1.39 bits per heavy atom. The molecule has 0 aromatic heterocycles. The average molecular weight is 255 g/mol. The van der Waals surface area contributed by atoms with Crippen molar-refractivity contribution in [3.63, 3.8) is 0 Å². The summed E-state index contributed by atoms with van der Waals surface area (Å²) in [6.45, 7) is 6.75. The molecule has 0 heterocycles. The smallest absolute Gasteiger partial charge is 0.129 e. The molecule has 1 unspecified atom stereocenters. The molecule has 0 aliphatic carbocycles. The van der Waals surface area contributed by atoms with Gasteiger partial charge >= 0.3 is 0 Å². The molecule has 0 radical (unpaired) electrons. The van der Waals surface area contributed by atoms with Gasteiger partial charge in [0.25, 0.3) is 0 Å². The highest BCUT2D eigenvalue weighted by Gasteiger charge is 2.28. The lowest BCUT2D eigenvalue weighted by atomic mass is 9.90. The molecular formula is C14H22FNO2. The van der Waals surface area contributed by atoms with Gasteiger partial charge < -0.3 is 15.2 Å². The van der Waals surface area contributed by atoms with Gasteiger partial charge in [0.2, 0.25) is 0 Å². The monoisotopic (exact) mass is 255 g/mol. The topological polar surface area (TPSA) is 41.5 Å². The Hall–Kier alpha value is -0.970. The van der Waals surface area contributed by atoms with Crippen LogP contribution in [0.3, 0.4) is 0 Å². The number of benzene rings is 1. The van der Waals surface area contributed by atoms with Gasteiger partial charge in [-0.3, -0.25) is 0 Å². The van der Waals surface area contributed by atoms with Gasteiger partial charge in [-0.05, 0) is 38.0 Å². The Morgan fingerprint density at radius 3 is 2.61 bits per heavy atom. The predicted octanol–water partition coefficient (Wildman–Crippen LogP) is 1.89. The maximum atomic E-state index is 14.0. The fourth-order valence-corrected chi connectivity index (χ4v) is 2.19. The van der Waals surface area contributed by atoms with Gasteiger partial charge in [-0.15, -0.1) is 0 Å². The van der Waals surface area contributed by atoms with Crippen molar-refractivity contribution in [3.8, 4) is 0 Å². The Morgan fingerprint density at radius 2 is 2.06 bits per heavy atom. The standard InChI is InChI=1S/C14H22FNO2/c1-10-7-11(2)13(12(15)8-10)14(3,17)9-16-5-6-18-4/h7-8,16-17H,5-6,9H2,1-4H3. The zero-order valence-electron chi connectivity index (χ0n) is 11.5. The number of nitrogens with one attached hydrogen (secondary N) is 1. The molecule has 0 spiro atoms. The number of ether oxygens (including phenoxy) is 1. The molecule has 1 aromatic carbocycles. The van der Waals surface area contributed by atoms with Crippen LogP contribution in [0.2, 0.25) is 0 Å². The van der Waals surface area contributed by atoms with Crippen LogP contribution in [0.1, 0.15) is 23.6 Å². The van der Waals surface area contributed by atoms with Gasteiger partial charge in [0.15, 0.2) is 0 Å². The van der Waals surface area contributed by atoms with Crippen LogP contribution < -0.4 is 5.32 Å². The minimum atomic E-state index is -1.23. The second-order valence-corrected chi connectivity index (χ2v) is 4.88. The van der Waals surface area contributed by atoms with Gasteiger partial charge in [-0.1, -0.05) is 6.07 Å². The molecular weight excluding hydrogens is 233 g/mol. The Bertz CT molecular complexity index is 382. The fraction of sp³-hybridized carbons (Fsp3) is 0.571. The van der Waals surface area contributed by atoms with E-state index in [4.69, 9.17) is 4.74 Å². The minimum absolute atomic E-state index is 0.289. The van der Waals surface area contributed by atoms with Crippen LogP contribution in [0.4, 0.5) is 4.39 Å². The molecule has 3 nitrogen and oxygen atoms in total. The highest BCUT2D eigenvalue weighted by molar-refractivity contribution is 5.36. The number of methoxy groups -OCH3 is 1. The quantitative estimate of drug-likeness (QED) is 0.763. The summed E-state index contributed by atoms with van der Waals surface area (Å²) in [6, 6.07) is 3.33. The van der Waals surface area contributed by atoms with E-state index >= 15 is 0 Å². The minimum Gasteiger partial charge on any atom is -0.384 e. The number of hydrogen-bond donors (Lipinski definition) is 2. The summed E-state index contributed by atoms with van der Waals surface area (Å²) >= 11 is 0. The predicted molar refractivity (Wildman–Crippen MR) is 70.2 cm³/mol. The molecule has 1 aromatic rings. The summed E-state index contributed by atoms with van der Waals surface area (Å²) in [5.74, 6) is -0.356. The first-order valence-electron chi connectivity index (χ1n) is 6.07. The summed E-state index contributed by atoms with van der Waals surface area (Å²) < 4.78 is 18.9. The molecule has 0 amide bonds. The molecule has 0 aliphatic rings. The van der Waals surface area contributed by atoms with Crippen molar-refractivity contribution >= 4 is 0 Å². The fourth-order valence-electron chi connectivity index (χ4n) is 2.19. The molecule has 1 atom stereocenters. The third-order valence-electron chi connectivity index (χ3n) is 2.92. The number of aliphatic hydroxyl groups is 1. The molecule has 0 fully saturated rings. The van der Waals surface area contributed by atoms with Crippen LogP contribution >= 0.6 is 0 Å². The molecule has 18 heavy (non-hydrogen) atoms. The van der Waals surface area contributed by atoms with Gasteiger partial charge in [0.05, 0.1) is 6.61 Å². The molecule has 2 N–H and O–H groups in total. The zero-order valence-corrected chi connectivity index (χ0v) is 11.5. The van der Waals surface area contributed by atoms with E-state index in [1.54, 1.807) is 14.0 Å². The second kappa shape index (κ2) is 6.27. The maximum Gasteiger partial charge on any atom is 0.129 e. The normalized spacial score (nSPS) is 14.6. The molecule has 102 valence electrons. The number of hydrogen-bond acceptors (Lipinski definition) is 3. The SMILES string of the molecule is COCCNCC(C)(O)c1c(C)cc(C)cc1F.